The Bertz CT molecular complexity index is 258. The summed E-state index contributed by atoms with van der Waals surface area (Å²) in [6.07, 6.45) is 1.01. The van der Waals surface area contributed by atoms with E-state index in [9.17, 15) is 5.11 Å². The van der Waals surface area contributed by atoms with Crippen LogP contribution in [0.15, 0.2) is 0 Å². The first-order chi connectivity index (χ1) is 8.88. The summed E-state index contributed by atoms with van der Waals surface area (Å²) in [4.78, 5) is 5.77. The second-order valence-electron chi connectivity index (χ2n) is 6.18. The van der Waals surface area contributed by atoms with Crippen LogP contribution >= 0.6 is 0 Å². The van der Waals surface area contributed by atoms with E-state index < -0.39 is 14.6 Å². The summed E-state index contributed by atoms with van der Waals surface area (Å²) in [6.45, 7) is 11.2. The normalized spacial score (nSPS) is 24.9. The number of hydrogen-bond donors (Lipinski definition) is 1. The molecule has 0 aromatic carbocycles. The standard InChI is InChI=1S/C14H30O4Si/c1-6-19(7-2,8-3)18-17-14(4,5)11-12-9-10-16-13(12)15/h12-13,15H,6-11H2,1-5H3/t12-,13+/m0/s1. The SMILES string of the molecule is CC[Si](CC)(CC)OOC(C)(C)C[C@@H]1CCO[C@H]1O. The third-order valence-corrected chi connectivity index (χ3v) is 8.61. The van der Waals surface area contributed by atoms with Gasteiger partial charge in [-0.15, -0.1) is 0 Å². The zero-order valence-corrected chi connectivity index (χ0v) is 14.1. The molecule has 0 spiro atoms. The summed E-state index contributed by atoms with van der Waals surface area (Å²) >= 11 is 0. The molecule has 0 unspecified atom stereocenters. The summed E-state index contributed by atoms with van der Waals surface area (Å²) in [5.41, 5.74) is -0.378. The molecule has 0 bridgehead atoms. The molecular weight excluding hydrogens is 260 g/mol. The van der Waals surface area contributed by atoms with Crippen LogP contribution in [0.4, 0.5) is 0 Å². The smallest absolute Gasteiger partial charge is 0.238 e. The number of ether oxygens (including phenoxy) is 1. The van der Waals surface area contributed by atoms with Crippen LogP contribution in [0.25, 0.3) is 0 Å². The average Bonchev–Trinajstić information content (AvgIpc) is 2.77. The Hall–Kier alpha value is 0.0569. The Morgan fingerprint density at radius 1 is 1.21 bits per heavy atom. The molecule has 1 N–H and O–H groups in total. The van der Waals surface area contributed by atoms with Crippen LogP contribution in [-0.4, -0.2) is 31.9 Å². The van der Waals surface area contributed by atoms with Crippen molar-refractivity contribution in [1.82, 2.24) is 0 Å². The average molecular weight is 290 g/mol. The Labute approximate surface area is 118 Å². The molecule has 1 fully saturated rings. The fourth-order valence-electron chi connectivity index (χ4n) is 2.62. The largest absolute Gasteiger partial charge is 0.368 e. The summed E-state index contributed by atoms with van der Waals surface area (Å²) in [6, 6.07) is 3.22. The van der Waals surface area contributed by atoms with Gasteiger partial charge in [0.05, 0.1) is 12.2 Å². The zero-order valence-electron chi connectivity index (χ0n) is 13.1. The Balaban J connectivity index is 2.49. The molecule has 2 atom stereocenters. The van der Waals surface area contributed by atoms with E-state index in [1.807, 2.05) is 13.8 Å². The van der Waals surface area contributed by atoms with Gasteiger partial charge in [-0.2, -0.15) is 0 Å². The van der Waals surface area contributed by atoms with Crippen LogP contribution in [0.5, 0.6) is 0 Å². The van der Waals surface area contributed by atoms with Crippen molar-refractivity contribution in [2.45, 2.75) is 77.5 Å². The van der Waals surface area contributed by atoms with E-state index in [-0.39, 0.29) is 11.5 Å². The number of aliphatic hydroxyl groups is 1. The van der Waals surface area contributed by atoms with E-state index in [4.69, 9.17) is 14.2 Å². The van der Waals surface area contributed by atoms with E-state index in [0.717, 1.165) is 31.0 Å². The van der Waals surface area contributed by atoms with Crippen molar-refractivity contribution in [2.24, 2.45) is 5.92 Å². The highest BCUT2D eigenvalue weighted by Gasteiger charge is 2.37. The van der Waals surface area contributed by atoms with Gasteiger partial charge in [-0.05, 0) is 44.8 Å². The second kappa shape index (κ2) is 7.18. The van der Waals surface area contributed by atoms with Crippen molar-refractivity contribution in [3.63, 3.8) is 0 Å². The maximum Gasteiger partial charge on any atom is 0.238 e. The van der Waals surface area contributed by atoms with Crippen molar-refractivity contribution >= 4 is 8.32 Å². The molecule has 0 aliphatic carbocycles. The molecule has 1 heterocycles. The lowest BCUT2D eigenvalue weighted by atomic mass is 9.92. The first kappa shape index (κ1) is 17.1. The van der Waals surface area contributed by atoms with Crippen LogP contribution in [0.2, 0.25) is 18.1 Å². The Kier molecular flexibility index (Phi) is 6.46. The number of hydrogen-bond acceptors (Lipinski definition) is 4. The molecule has 1 saturated heterocycles. The first-order valence-electron chi connectivity index (χ1n) is 7.54. The minimum Gasteiger partial charge on any atom is -0.368 e. The molecule has 0 radical (unpaired) electrons. The van der Waals surface area contributed by atoms with Crippen LogP contribution < -0.4 is 0 Å². The van der Waals surface area contributed by atoms with Gasteiger partial charge in [0.1, 0.15) is 0 Å². The van der Waals surface area contributed by atoms with E-state index in [1.54, 1.807) is 0 Å². The highest BCUT2D eigenvalue weighted by Crippen LogP contribution is 2.32. The molecule has 1 aliphatic rings. The van der Waals surface area contributed by atoms with Crippen molar-refractivity contribution in [1.29, 1.82) is 0 Å². The van der Waals surface area contributed by atoms with Gasteiger partial charge < -0.3 is 9.84 Å². The molecule has 0 amide bonds. The van der Waals surface area contributed by atoms with Crippen molar-refractivity contribution in [3.05, 3.63) is 0 Å². The van der Waals surface area contributed by atoms with E-state index in [1.165, 1.54) is 0 Å². The molecule has 0 saturated carbocycles. The molecule has 114 valence electrons. The highest BCUT2D eigenvalue weighted by molar-refractivity contribution is 6.73. The molecule has 0 aromatic rings. The Morgan fingerprint density at radius 3 is 2.21 bits per heavy atom. The fraction of sp³-hybridized carbons (Fsp3) is 1.00. The molecule has 0 aromatic heterocycles. The van der Waals surface area contributed by atoms with Crippen molar-refractivity contribution in [3.8, 4) is 0 Å². The maximum absolute atomic E-state index is 9.71. The first-order valence-corrected chi connectivity index (χ1v) is 10.1. The zero-order chi connectivity index (χ0) is 14.5. The van der Waals surface area contributed by atoms with Crippen molar-refractivity contribution < 1.29 is 19.3 Å². The predicted molar refractivity (Wildman–Crippen MR) is 78.1 cm³/mol. The van der Waals surface area contributed by atoms with E-state index in [2.05, 4.69) is 20.8 Å². The van der Waals surface area contributed by atoms with Gasteiger partial charge >= 0.3 is 0 Å². The van der Waals surface area contributed by atoms with Crippen molar-refractivity contribution in [2.75, 3.05) is 6.61 Å². The lowest BCUT2D eigenvalue weighted by Gasteiger charge is -2.33. The molecular formula is C14H30O4Si. The predicted octanol–water partition coefficient (Wildman–Crippen LogP) is 3.46. The summed E-state index contributed by atoms with van der Waals surface area (Å²) in [5.74, 6) is 0.152. The van der Waals surface area contributed by atoms with Gasteiger partial charge in [-0.1, -0.05) is 20.8 Å². The molecule has 5 heteroatoms. The van der Waals surface area contributed by atoms with Crippen LogP contribution in [-0.2, 0) is 14.2 Å². The van der Waals surface area contributed by atoms with Crippen LogP contribution in [0.1, 0.15) is 47.5 Å². The lowest BCUT2D eigenvalue weighted by Crippen LogP contribution is -2.41. The van der Waals surface area contributed by atoms with Crippen LogP contribution in [0, 0.1) is 5.92 Å². The van der Waals surface area contributed by atoms with E-state index in [0.29, 0.717) is 6.61 Å². The molecule has 19 heavy (non-hydrogen) atoms. The number of aliphatic hydroxyl groups excluding tert-OH is 1. The van der Waals surface area contributed by atoms with E-state index >= 15 is 0 Å². The lowest BCUT2D eigenvalue weighted by molar-refractivity contribution is -0.298. The monoisotopic (exact) mass is 290 g/mol. The molecule has 1 rings (SSSR count). The second-order valence-corrected chi connectivity index (χ2v) is 10.8. The fourth-order valence-corrected chi connectivity index (χ4v) is 4.87. The van der Waals surface area contributed by atoms with Gasteiger partial charge in [0.2, 0.25) is 8.32 Å². The van der Waals surface area contributed by atoms with Gasteiger partial charge in [0.15, 0.2) is 6.29 Å². The molecule has 4 nitrogen and oxygen atoms in total. The maximum atomic E-state index is 9.71. The van der Waals surface area contributed by atoms with Gasteiger partial charge in [-0.25, -0.2) is 4.89 Å². The summed E-state index contributed by atoms with van der Waals surface area (Å²) < 4.78 is 11.1. The topological polar surface area (TPSA) is 47.9 Å². The minimum absolute atomic E-state index is 0.152. The Morgan fingerprint density at radius 2 is 1.79 bits per heavy atom. The molecule has 1 aliphatic heterocycles. The van der Waals surface area contributed by atoms with Gasteiger partial charge in [0.25, 0.3) is 0 Å². The van der Waals surface area contributed by atoms with Crippen LogP contribution in [0.3, 0.4) is 0 Å². The highest BCUT2D eigenvalue weighted by atomic mass is 28.4. The third-order valence-electron chi connectivity index (χ3n) is 4.31. The quantitative estimate of drug-likeness (QED) is 0.422. The van der Waals surface area contributed by atoms with Gasteiger partial charge in [0, 0.05) is 5.92 Å². The number of rotatable bonds is 8. The summed E-state index contributed by atoms with van der Waals surface area (Å²) in [5, 5.41) is 9.71. The third kappa shape index (κ3) is 4.83. The summed E-state index contributed by atoms with van der Waals surface area (Å²) in [7, 11) is -1.72. The van der Waals surface area contributed by atoms with Gasteiger partial charge in [-0.3, -0.25) is 4.58 Å². The minimum atomic E-state index is -1.72.